The van der Waals surface area contributed by atoms with Gasteiger partial charge in [-0.1, -0.05) is 12.1 Å². The molecule has 1 saturated heterocycles. The molecule has 1 aromatic heterocycles. The van der Waals surface area contributed by atoms with Crippen LogP contribution < -0.4 is 14.4 Å². The summed E-state index contributed by atoms with van der Waals surface area (Å²) < 4.78 is 60.7. The van der Waals surface area contributed by atoms with Crippen LogP contribution >= 0.6 is 0 Å². The molecule has 2 heterocycles. The van der Waals surface area contributed by atoms with Crippen LogP contribution in [-0.4, -0.2) is 59.4 Å². The number of ether oxygens (including phenoxy) is 1. The van der Waals surface area contributed by atoms with Gasteiger partial charge in [0.15, 0.2) is 0 Å². The van der Waals surface area contributed by atoms with E-state index in [0.717, 1.165) is 28.4 Å². The lowest BCUT2D eigenvalue weighted by Crippen LogP contribution is -2.38. The molecular weight excluding hydrogens is 500 g/mol. The Hall–Kier alpha value is -3.15. The van der Waals surface area contributed by atoms with Crippen LogP contribution in [0.4, 0.5) is 11.4 Å². The fourth-order valence-electron chi connectivity index (χ4n) is 4.01. The summed E-state index contributed by atoms with van der Waals surface area (Å²) in [5.74, 6) is 0.601. The van der Waals surface area contributed by atoms with E-state index in [1.165, 1.54) is 38.4 Å². The summed E-state index contributed by atoms with van der Waals surface area (Å²) >= 11 is 0. The molecule has 0 aliphatic carbocycles. The Kier molecular flexibility index (Phi) is 7.53. The molecule has 0 saturated carbocycles. The maximum absolute atomic E-state index is 13.2. The molecule has 0 spiro atoms. The summed E-state index contributed by atoms with van der Waals surface area (Å²) in [5, 5.41) is 0. The topological polar surface area (TPSA) is 109 Å². The van der Waals surface area contributed by atoms with Crippen molar-refractivity contribution in [3.63, 3.8) is 0 Å². The number of aryl methyl sites for hydroxylation is 1. The van der Waals surface area contributed by atoms with E-state index in [1.54, 1.807) is 12.3 Å². The minimum atomic E-state index is -3.94. The molecular formula is C25H30N4O5S2. The van der Waals surface area contributed by atoms with E-state index >= 15 is 0 Å². The number of hydrogen-bond acceptors (Lipinski definition) is 7. The lowest BCUT2D eigenvalue weighted by molar-refractivity contribution is 0.164. The van der Waals surface area contributed by atoms with Crippen molar-refractivity contribution >= 4 is 31.4 Å². The molecule has 0 amide bonds. The molecule has 192 valence electrons. The molecule has 3 aromatic rings. The van der Waals surface area contributed by atoms with Crippen molar-refractivity contribution in [3.8, 4) is 5.88 Å². The summed E-state index contributed by atoms with van der Waals surface area (Å²) in [6.07, 6.45) is 3.29. The number of sulfonamides is 2. The molecule has 0 unspecified atom stereocenters. The Balaban J connectivity index is 1.50. The number of pyridine rings is 1. The van der Waals surface area contributed by atoms with Crippen molar-refractivity contribution < 1.29 is 21.6 Å². The third-order valence-corrected chi connectivity index (χ3v) is 9.23. The summed E-state index contributed by atoms with van der Waals surface area (Å²) in [7, 11) is -4.75. The van der Waals surface area contributed by atoms with E-state index in [4.69, 9.17) is 4.74 Å². The number of rotatable bonds is 8. The van der Waals surface area contributed by atoms with Gasteiger partial charge in [0, 0.05) is 52.3 Å². The molecule has 0 radical (unpaired) electrons. The van der Waals surface area contributed by atoms with E-state index in [9.17, 15) is 16.8 Å². The fourth-order valence-corrected chi connectivity index (χ4v) is 5.98. The number of aromatic nitrogens is 1. The minimum absolute atomic E-state index is 0.0184. The predicted octanol–water partition coefficient (Wildman–Crippen LogP) is 3.49. The highest BCUT2D eigenvalue weighted by molar-refractivity contribution is 7.92. The third kappa shape index (κ3) is 5.80. The van der Waals surface area contributed by atoms with Crippen molar-refractivity contribution in [1.82, 2.24) is 9.29 Å². The van der Waals surface area contributed by atoms with Crippen LogP contribution in [0.15, 0.2) is 76.7 Å². The second-order valence-electron chi connectivity index (χ2n) is 8.86. The summed E-state index contributed by atoms with van der Waals surface area (Å²) in [4.78, 5) is 6.37. The Morgan fingerprint density at radius 1 is 0.944 bits per heavy atom. The zero-order valence-corrected chi connectivity index (χ0v) is 22.1. The number of piperidine rings is 1. The molecule has 1 aliphatic rings. The molecule has 4 rings (SSSR count). The summed E-state index contributed by atoms with van der Waals surface area (Å²) in [6, 6.07) is 16.4. The molecule has 2 aromatic carbocycles. The van der Waals surface area contributed by atoms with E-state index in [-0.39, 0.29) is 15.9 Å². The van der Waals surface area contributed by atoms with Gasteiger partial charge in [0.1, 0.15) is 6.10 Å². The SMILES string of the molecule is Cc1ccc(N2CCC(Oc3ccccn3)CC2)c(NS(=O)(=O)c2ccc(S(=O)(=O)N(C)C)cc2)c1. The highest BCUT2D eigenvalue weighted by Gasteiger charge is 2.25. The fraction of sp³-hybridized carbons (Fsp3) is 0.320. The van der Waals surface area contributed by atoms with Crippen LogP contribution in [0.3, 0.4) is 0 Å². The van der Waals surface area contributed by atoms with Crippen LogP contribution in [0.5, 0.6) is 5.88 Å². The van der Waals surface area contributed by atoms with Gasteiger partial charge < -0.3 is 9.64 Å². The lowest BCUT2D eigenvalue weighted by Gasteiger charge is -2.34. The predicted molar refractivity (Wildman–Crippen MR) is 139 cm³/mol. The van der Waals surface area contributed by atoms with Gasteiger partial charge in [0.05, 0.1) is 21.2 Å². The second-order valence-corrected chi connectivity index (χ2v) is 12.7. The van der Waals surface area contributed by atoms with Gasteiger partial charge in [-0.05, 0) is 55.0 Å². The maximum Gasteiger partial charge on any atom is 0.261 e. The Morgan fingerprint density at radius 3 is 2.22 bits per heavy atom. The second kappa shape index (κ2) is 10.5. The van der Waals surface area contributed by atoms with Gasteiger partial charge in [-0.2, -0.15) is 0 Å². The highest BCUT2D eigenvalue weighted by Crippen LogP contribution is 2.32. The molecule has 1 N–H and O–H groups in total. The summed E-state index contributed by atoms with van der Waals surface area (Å²) in [6.45, 7) is 3.30. The van der Waals surface area contributed by atoms with Crippen LogP contribution in [0, 0.1) is 6.92 Å². The van der Waals surface area contributed by atoms with E-state index in [2.05, 4.69) is 14.6 Å². The maximum atomic E-state index is 13.2. The largest absolute Gasteiger partial charge is 0.474 e. The van der Waals surface area contributed by atoms with Crippen LogP contribution in [-0.2, 0) is 20.0 Å². The van der Waals surface area contributed by atoms with Crippen molar-refractivity contribution in [2.24, 2.45) is 0 Å². The number of nitrogens with zero attached hydrogens (tertiary/aromatic N) is 3. The average molecular weight is 531 g/mol. The monoisotopic (exact) mass is 530 g/mol. The zero-order chi connectivity index (χ0) is 25.9. The van der Waals surface area contributed by atoms with Gasteiger partial charge in [0.2, 0.25) is 15.9 Å². The smallest absolute Gasteiger partial charge is 0.261 e. The van der Waals surface area contributed by atoms with Gasteiger partial charge in [-0.15, -0.1) is 0 Å². The van der Waals surface area contributed by atoms with E-state index < -0.39 is 20.0 Å². The van der Waals surface area contributed by atoms with Crippen molar-refractivity contribution in [1.29, 1.82) is 0 Å². The first-order valence-corrected chi connectivity index (χ1v) is 14.5. The lowest BCUT2D eigenvalue weighted by atomic mass is 10.1. The first kappa shape index (κ1) is 25.9. The number of hydrogen-bond donors (Lipinski definition) is 1. The first-order chi connectivity index (χ1) is 17.1. The molecule has 1 fully saturated rings. The van der Waals surface area contributed by atoms with Gasteiger partial charge in [0.25, 0.3) is 10.0 Å². The van der Waals surface area contributed by atoms with Crippen molar-refractivity contribution in [2.45, 2.75) is 35.7 Å². The quantitative estimate of drug-likeness (QED) is 0.475. The minimum Gasteiger partial charge on any atom is -0.474 e. The first-order valence-electron chi connectivity index (χ1n) is 11.5. The molecule has 11 heteroatoms. The molecule has 36 heavy (non-hydrogen) atoms. The highest BCUT2D eigenvalue weighted by atomic mass is 32.2. The van der Waals surface area contributed by atoms with Gasteiger partial charge >= 0.3 is 0 Å². The molecule has 0 bridgehead atoms. The summed E-state index contributed by atoms with van der Waals surface area (Å²) in [5.41, 5.74) is 2.17. The number of benzene rings is 2. The van der Waals surface area contributed by atoms with Gasteiger partial charge in [-0.25, -0.2) is 26.1 Å². The Bertz CT molecular complexity index is 1400. The molecule has 1 aliphatic heterocycles. The Morgan fingerprint density at radius 2 is 1.61 bits per heavy atom. The number of anilines is 2. The molecule has 9 nitrogen and oxygen atoms in total. The average Bonchev–Trinajstić information content (AvgIpc) is 2.85. The molecule has 0 atom stereocenters. The third-order valence-electron chi connectivity index (χ3n) is 6.02. The van der Waals surface area contributed by atoms with Crippen LogP contribution in [0.1, 0.15) is 18.4 Å². The standard InChI is InChI=1S/C25H30N4O5S2/c1-19-7-12-24(29-16-13-20(14-17-29)34-25-6-4-5-15-26-25)23(18-19)27-35(30,31)21-8-10-22(11-9-21)36(32,33)28(2)3/h4-12,15,18,20,27H,13-14,16-17H2,1-3H3. The zero-order valence-electron chi connectivity index (χ0n) is 20.5. The van der Waals surface area contributed by atoms with Crippen LogP contribution in [0.25, 0.3) is 0 Å². The Labute approximate surface area is 212 Å². The van der Waals surface area contributed by atoms with Crippen LogP contribution in [0.2, 0.25) is 0 Å². The normalized spacial score (nSPS) is 15.2. The van der Waals surface area contributed by atoms with Crippen molar-refractivity contribution in [3.05, 3.63) is 72.4 Å². The van der Waals surface area contributed by atoms with E-state index in [0.29, 0.717) is 24.7 Å². The van der Waals surface area contributed by atoms with Gasteiger partial charge in [-0.3, -0.25) is 4.72 Å². The van der Waals surface area contributed by atoms with E-state index in [1.807, 2.05) is 37.3 Å². The number of nitrogens with one attached hydrogen (secondary N) is 1. The van der Waals surface area contributed by atoms with Crippen molar-refractivity contribution in [2.75, 3.05) is 36.8 Å².